The first-order valence-electron chi connectivity index (χ1n) is 6.60. The van der Waals surface area contributed by atoms with Gasteiger partial charge in [0.05, 0.1) is 20.3 Å². The van der Waals surface area contributed by atoms with E-state index in [-0.39, 0.29) is 5.91 Å². The third-order valence-electron chi connectivity index (χ3n) is 3.67. The van der Waals surface area contributed by atoms with Crippen LogP contribution in [-0.2, 0) is 0 Å². The topological polar surface area (TPSA) is 71.3 Å². The van der Waals surface area contributed by atoms with Crippen LogP contribution in [0.1, 0.15) is 36.0 Å². The Bertz CT molecular complexity index is 543. The van der Waals surface area contributed by atoms with Crippen LogP contribution in [0.25, 0.3) is 0 Å². The Labute approximate surface area is 118 Å². The van der Waals surface area contributed by atoms with E-state index in [1.807, 2.05) is 0 Å². The molecule has 1 aromatic rings. The SMILES string of the molecule is COc1ccc(C(=O)NC2(C#N)CCCC2)cc1OC. The van der Waals surface area contributed by atoms with Gasteiger partial charge in [0.2, 0.25) is 0 Å². The zero-order valence-electron chi connectivity index (χ0n) is 11.7. The number of hydrogen-bond donors (Lipinski definition) is 1. The second kappa shape index (κ2) is 5.83. The lowest BCUT2D eigenvalue weighted by Gasteiger charge is -2.22. The number of rotatable bonds is 4. The molecule has 0 unspecified atom stereocenters. The Kier molecular flexibility index (Phi) is 4.14. The molecule has 106 valence electrons. The summed E-state index contributed by atoms with van der Waals surface area (Å²) in [4.78, 5) is 12.3. The molecule has 1 saturated carbocycles. The van der Waals surface area contributed by atoms with Crippen LogP contribution in [0.4, 0.5) is 0 Å². The Morgan fingerprint density at radius 2 is 1.90 bits per heavy atom. The van der Waals surface area contributed by atoms with Gasteiger partial charge in [0, 0.05) is 5.56 Å². The number of carbonyl (C=O) groups excluding carboxylic acids is 1. The third kappa shape index (κ3) is 2.69. The van der Waals surface area contributed by atoms with Crippen molar-refractivity contribution in [1.82, 2.24) is 5.32 Å². The van der Waals surface area contributed by atoms with E-state index < -0.39 is 5.54 Å². The number of nitrogens with one attached hydrogen (secondary N) is 1. The average molecular weight is 274 g/mol. The van der Waals surface area contributed by atoms with E-state index in [1.54, 1.807) is 25.3 Å². The summed E-state index contributed by atoms with van der Waals surface area (Å²) in [5.41, 5.74) is -0.256. The van der Waals surface area contributed by atoms with Crippen molar-refractivity contribution in [3.63, 3.8) is 0 Å². The van der Waals surface area contributed by atoms with E-state index >= 15 is 0 Å². The molecule has 0 aromatic heterocycles. The number of amides is 1. The van der Waals surface area contributed by atoms with Crippen molar-refractivity contribution >= 4 is 5.91 Å². The normalized spacial score (nSPS) is 16.2. The molecule has 1 N–H and O–H groups in total. The smallest absolute Gasteiger partial charge is 0.252 e. The summed E-state index contributed by atoms with van der Waals surface area (Å²) in [6.07, 6.45) is 3.37. The van der Waals surface area contributed by atoms with Crippen molar-refractivity contribution in [1.29, 1.82) is 5.26 Å². The van der Waals surface area contributed by atoms with E-state index in [0.717, 1.165) is 12.8 Å². The van der Waals surface area contributed by atoms with Gasteiger partial charge < -0.3 is 14.8 Å². The molecule has 1 aromatic carbocycles. The van der Waals surface area contributed by atoms with Gasteiger partial charge in [0.1, 0.15) is 5.54 Å². The van der Waals surface area contributed by atoms with Crippen LogP contribution >= 0.6 is 0 Å². The van der Waals surface area contributed by atoms with Gasteiger partial charge in [-0.1, -0.05) is 0 Å². The highest BCUT2D eigenvalue weighted by atomic mass is 16.5. The number of carbonyl (C=O) groups is 1. The van der Waals surface area contributed by atoms with Crippen LogP contribution in [0.3, 0.4) is 0 Å². The third-order valence-corrected chi connectivity index (χ3v) is 3.67. The van der Waals surface area contributed by atoms with Gasteiger partial charge in [-0.05, 0) is 43.9 Å². The number of ether oxygens (including phenoxy) is 2. The summed E-state index contributed by atoms with van der Waals surface area (Å²) in [6, 6.07) is 7.21. The molecule has 0 bridgehead atoms. The van der Waals surface area contributed by atoms with E-state index in [2.05, 4.69) is 11.4 Å². The number of benzene rings is 1. The van der Waals surface area contributed by atoms with Gasteiger partial charge in [0.15, 0.2) is 11.5 Å². The maximum atomic E-state index is 12.3. The molecule has 0 radical (unpaired) electrons. The van der Waals surface area contributed by atoms with E-state index in [9.17, 15) is 10.1 Å². The average Bonchev–Trinajstić information content (AvgIpc) is 2.95. The van der Waals surface area contributed by atoms with Crippen molar-refractivity contribution in [3.8, 4) is 17.6 Å². The van der Waals surface area contributed by atoms with Gasteiger partial charge in [-0.2, -0.15) is 5.26 Å². The molecule has 1 amide bonds. The molecule has 0 saturated heterocycles. The molecule has 2 rings (SSSR count). The Morgan fingerprint density at radius 3 is 2.45 bits per heavy atom. The summed E-state index contributed by atoms with van der Waals surface area (Å²) < 4.78 is 10.3. The molecule has 5 heteroatoms. The van der Waals surface area contributed by atoms with Crippen molar-refractivity contribution < 1.29 is 14.3 Å². The minimum Gasteiger partial charge on any atom is -0.493 e. The summed E-state index contributed by atoms with van der Waals surface area (Å²) >= 11 is 0. The first kappa shape index (κ1) is 14.2. The minimum atomic E-state index is -0.718. The quantitative estimate of drug-likeness (QED) is 0.914. The van der Waals surface area contributed by atoms with Crippen LogP contribution in [-0.4, -0.2) is 25.7 Å². The molecule has 5 nitrogen and oxygen atoms in total. The second-order valence-electron chi connectivity index (χ2n) is 4.92. The highest BCUT2D eigenvalue weighted by molar-refractivity contribution is 5.95. The first-order chi connectivity index (χ1) is 9.64. The fourth-order valence-electron chi connectivity index (χ4n) is 2.51. The maximum Gasteiger partial charge on any atom is 0.252 e. The molecule has 1 aliphatic rings. The minimum absolute atomic E-state index is 0.255. The highest BCUT2D eigenvalue weighted by Gasteiger charge is 2.35. The van der Waals surface area contributed by atoms with Crippen LogP contribution in [0.5, 0.6) is 11.5 Å². The number of methoxy groups -OCH3 is 2. The predicted molar refractivity (Wildman–Crippen MR) is 73.8 cm³/mol. The lowest BCUT2D eigenvalue weighted by Crippen LogP contribution is -2.45. The predicted octanol–water partition coefficient (Wildman–Crippen LogP) is 2.27. The molecule has 1 fully saturated rings. The van der Waals surface area contributed by atoms with Gasteiger partial charge in [0.25, 0.3) is 5.91 Å². The Balaban J connectivity index is 2.19. The molecule has 0 heterocycles. The number of nitriles is 1. The number of hydrogen-bond acceptors (Lipinski definition) is 4. The summed E-state index contributed by atoms with van der Waals surface area (Å²) in [6.45, 7) is 0. The molecule has 0 aliphatic heterocycles. The van der Waals surface area contributed by atoms with E-state index in [0.29, 0.717) is 29.9 Å². The summed E-state index contributed by atoms with van der Waals surface area (Å²) in [5.74, 6) is 0.812. The summed E-state index contributed by atoms with van der Waals surface area (Å²) in [5, 5.41) is 12.1. The molecule has 0 atom stereocenters. The monoisotopic (exact) mass is 274 g/mol. The van der Waals surface area contributed by atoms with Crippen LogP contribution in [0, 0.1) is 11.3 Å². The number of nitrogens with zero attached hydrogens (tertiary/aromatic N) is 1. The summed E-state index contributed by atoms with van der Waals surface area (Å²) in [7, 11) is 3.06. The van der Waals surface area contributed by atoms with Crippen LogP contribution in [0.15, 0.2) is 18.2 Å². The molecule has 1 aliphatic carbocycles. The Hall–Kier alpha value is -2.22. The van der Waals surface area contributed by atoms with Gasteiger partial charge >= 0.3 is 0 Å². The fraction of sp³-hybridized carbons (Fsp3) is 0.467. The van der Waals surface area contributed by atoms with E-state index in [4.69, 9.17) is 9.47 Å². The molecule has 0 spiro atoms. The zero-order chi connectivity index (χ0) is 14.6. The Morgan fingerprint density at radius 1 is 1.25 bits per heavy atom. The largest absolute Gasteiger partial charge is 0.493 e. The van der Waals surface area contributed by atoms with Gasteiger partial charge in [-0.3, -0.25) is 4.79 Å². The maximum absolute atomic E-state index is 12.3. The van der Waals surface area contributed by atoms with Crippen LogP contribution < -0.4 is 14.8 Å². The molecule has 20 heavy (non-hydrogen) atoms. The van der Waals surface area contributed by atoms with Crippen molar-refractivity contribution in [2.45, 2.75) is 31.2 Å². The molecular formula is C15H18N2O3. The first-order valence-corrected chi connectivity index (χ1v) is 6.60. The second-order valence-corrected chi connectivity index (χ2v) is 4.92. The zero-order valence-corrected chi connectivity index (χ0v) is 11.7. The van der Waals surface area contributed by atoms with E-state index in [1.165, 1.54) is 7.11 Å². The van der Waals surface area contributed by atoms with Gasteiger partial charge in [-0.25, -0.2) is 0 Å². The van der Waals surface area contributed by atoms with Crippen molar-refractivity contribution in [2.24, 2.45) is 0 Å². The van der Waals surface area contributed by atoms with Crippen molar-refractivity contribution in [3.05, 3.63) is 23.8 Å². The lowest BCUT2D eigenvalue weighted by molar-refractivity contribution is 0.0920. The molecular weight excluding hydrogens is 256 g/mol. The van der Waals surface area contributed by atoms with Crippen molar-refractivity contribution in [2.75, 3.05) is 14.2 Å². The van der Waals surface area contributed by atoms with Crippen LogP contribution in [0.2, 0.25) is 0 Å². The van der Waals surface area contributed by atoms with Gasteiger partial charge in [-0.15, -0.1) is 0 Å². The fourth-order valence-corrected chi connectivity index (χ4v) is 2.51. The lowest BCUT2D eigenvalue weighted by atomic mass is 9.99. The standard InChI is InChI=1S/C15H18N2O3/c1-19-12-6-5-11(9-13(12)20-2)14(18)17-15(10-16)7-3-4-8-15/h5-6,9H,3-4,7-8H2,1-2H3,(H,17,18). The highest BCUT2D eigenvalue weighted by Crippen LogP contribution is 2.31.